The Balaban J connectivity index is 1.71. The highest BCUT2D eigenvalue weighted by molar-refractivity contribution is 5.85. The van der Waals surface area contributed by atoms with E-state index in [2.05, 4.69) is 25.4 Å². The van der Waals surface area contributed by atoms with Crippen LogP contribution in [-0.2, 0) is 13.7 Å². The van der Waals surface area contributed by atoms with E-state index in [-0.39, 0.29) is 29.4 Å². The molecule has 0 bridgehead atoms. The molecule has 0 aliphatic rings. The third kappa shape index (κ3) is 3.33. The molecule has 0 radical (unpaired) electrons. The molecule has 0 amide bonds. The first kappa shape index (κ1) is 19.7. The molecule has 0 aliphatic carbocycles. The summed E-state index contributed by atoms with van der Waals surface area (Å²) in [6.07, 6.45) is 2.75. The third-order valence-electron chi connectivity index (χ3n) is 4.88. The maximum absolute atomic E-state index is 14.7. The lowest BCUT2D eigenvalue weighted by atomic mass is 10.1. The van der Waals surface area contributed by atoms with Gasteiger partial charge in [0.2, 0.25) is 5.88 Å². The zero-order valence-electron chi connectivity index (χ0n) is 16.6. The summed E-state index contributed by atoms with van der Waals surface area (Å²) >= 11 is 0. The topological polar surface area (TPSA) is 83.0 Å². The van der Waals surface area contributed by atoms with Gasteiger partial charge < -0.3 is 4.74 Å². The predicted octanol–water partition coefficient (Wildman–Crippen LogP) is 3.58. The molecule has 0 atom stereocenters. The van der Waals surface area contributed by atoms with Crippen molar-refractivity contribution in [3.8, 4) is 28.4 Å². The number of rotatable bonds is 5. The molecule has 5 aromatic rings. The molecule has 0 spiro atoms. The van der Waals surface area contributed by atoms with E-state index in [1.807, 2.05) is 0 Å². The van der Waals surface area contributed by atoms with Crippen LogP contribution in [0.5, 0.6) is 5.88 Å². The third-order valence-corrected chi connectivity index (χ3v) is 4.88. The molecule has 3 heterocycles. The van der Waals surface area contributed by atoms with Gasteiger partial charge in [-0.1, -0.05) is 18.2 Å². The van der Waals surface area contributed by atoms with Crippen molar-refractivity contribution in [2.24, 2.45) is 7.05 Å². The molecule has 0 unspecified atom stereocenters. The van der Waals surface area contributed by atoms with E-state index in [9.17, 15) is 13.2 Å². The van der Waals surface area contributed by atoms with E-state index >= 15 is 0 Å². The lowest BCUT2D eigenvalue weighted by molar-refractivity contribution is 0.278. The zero-order chi connectivity index (χ0) is 22.2. The van der Waals surface area contributed by atoms with Crippen LogP contribution in [0, 0.1) is 17.5 Å². The molecule has 3 aromatic heterocycles. The van der Waals surface area contributed by atoms with Crippen molar-refractivity contribution < 1.29 is 17.9 Å². The van der Waals surface area contributed by atoms with Crippen molar-refractivity contribution in [3.63, 3.8) is 0 Å². The number of hydrogen-bond acceptors (Lipinski definition) is 6. The van der Waals surface area contributed by atoms with Crippen LogP contribution < -0.4 is 4.74 Å². The summed E-state index contributed by atoms with van der Waals surface area (Å²) < 4.78 is 51.3. The quantitative estimate of drug-likeness (QED) is 0.418. The number of fused-ring (bicyclic) bond motifs is 1. The van der Waals surface area contributed by atoms with Gasteiger partial charge in [0, 0.05) is 18.7 Å². The SMILES string of the molecule is Cn1ncnc1COc1nn2c(-c3ccc(F)cc3F)nncc2c1-c1ccccc1F. The average Bonchev–Trinajstić information content (AvgIpc) is 3.35. The number of hydrogen-bond donors (Lipinski definition) is 0. The van der Waals surface area contributed by atoms with Crippen molar-refractivity contribution in [2.45, 2.75) is 6.61 Å². The minimum Gasteiger partial charge on any atom is -0.468 e. The summed E-state index contributed by atoms with van der Waals surface area (Å²) in [6.45, 7) is 0.00291. The molecular formula is C21H14F3N7O. The smallest absolute Gasteiger partial charge is 0.242 e. The van der Waals surface area contributed by atoms with Crippen LogP contribution in [0.25, 0.3) is 28.0 Å². The molecule has 5 rings (SSSR count). The summed E-state index contributed by atoms with van der Waals surface area (Å²) in [4.78, 5) is 4.10. The number of benzene rings is 2. The van der Waals surface area contributed by atoms with Gasteiger partial charge in [0.05, 0.1) is 17.3 Å². The standard InChI is InChI=1S/C21H14F3N7O/c1-30-18(25-11-27-30)10-32-21-19(13-4-2-3-5-15(13)23)17-9-26-28-20(31(17)29-21)14-7-6-12(22)8-16(14)24/h2-9,11H,10H2,1H3. The molecule has 11 heteroatoms. The predicted molar refractivity (Wildman–Crippen MR) is 107 cm³/mol. The molecule has 0 aliphatic heterocycles. The summed E-state index contributed by atoms with van der Waals surface area (Å²) in [7, 11) is 1.70. The molecule has 0 saturated heterocycles. The van der Waals surface area contributed by atoms with Crippen LogP contribution >= 0.6 is 0 Å². The van der Waals surface area contributed by atoms with Gasteiger partial charge in [-0.15, -0.1) is 10.2 Å². The Morgan fingerprint density at radius 1 is 1.00 bits per heavy atom. The van der Waals surface area contributed by atoms with Crippen LogP contribution in [0.4, 0.5) is 13.2 Å². The molecule has 160 valence electrons. The maximum atomic E-state index is 14.7. The Morgan fingerprint density at radius 3 is 2.59 bits per heavy atom. The largest absolute Gasteiger partial charge is 0.468 e. The minimum absolute atomic E-state index is 0.00291. The van der Waals surface area contributed by atoms with Gasteiger partial charge in [-0.2, -0.15) is 10.2 Å². The normalized spacial score (nSPS) is 11.2. The summed E-state index contributed by atoms with van der Waals surface area (Å²) in [5, 5.41) is 16.3. The van der Waals surface area contributed by atoms with Gasteiger partial charge in [0.1, 0.15) is 35.9 Å². The second kappa shape index (κ2) is 7.76. The summed E-state index contributed by atoms with van der Waals surface area (Å²) in [6, 6.07) is 9.18. The van der Waals surface area contributed by atoms with Crippen LogP contribution in [0.3, 0.4) is 0 Å². The van der Waals surface area contributed by atoms with Crippen LogP contribution in [-0.4, -0.2) is 34.6 Å². The molecule has 0 saturated carbocycles. The second-order valence-electron chi connectivity index (χ2n) is 6.84. The highest BCUT2D eigenvalue weighted by Crippen LogP contribution is 2.37. The number of ether oxygens (including phenoxy) is 1. The molecule has 0 N–H and O–H groups in total. The van der Waals surface area contributed by atoms with E-state index in [0.717, 1.165) is 12.1 Å². The highest BCUT2D eigenvalue weighted by atomic mass is 19.1. The summed E-state index contributed by atoms with van der Waals surface area (Å²) in [5.74, 6) is -1.48. The van der Waals surface area contributed by atoms with Crippen LogP contribution in [0.15, 0.2) is 55.0 Å². The highest BCUT2D eigenvalue weighted by Gasteiger charge is 2.23. The Morgan fingerprint density at radius 2 is 1.84 bits per heavy atom. The van der Waals surface area contributed by atoms with Crippen molar-refractivity contribution in [2.75, 3.05) is 0 Å². The van der Waals surface area contributed by atoms with Crippen molar-refractivity contribution >= 4 is 5.52 Å². The zero-order valence-corrected chi connectivity index (χ0v) is 16.6. The molecule has 0 fully saturated rings. The number of nitrogens with zero attached hydrogens (tertiary/aromatic N) is 7. The number of aromatic nitrogens is 7. The first-order valence-electron chi connectivity index (χ1n) is 9.43. The lowest BCUT2D eigenvalue weighted by Gasteiger charge is -2.06. The Labute approximate surface area is 178 Å². The van der Waals surface area contributed by atoms with Crippen LogP contribution in [0.1, 0.15) is 5.82 Å². The second-order valence-corrected chi connectivity index (χ2v) is 6.84. The lowest BCUT2D eigenvalue weighted by Crippen LogP contribution is -2.05. The molecule has 32 heavy (non-hydrogen) atoms. The van der Waals surface area contributed by atoms with Crippen LogP contribution in [0.2, 0.25) is 0 Å². The Kier molecular flexibility index (Phi) is 4.77. The van der Waals surface area contributed by atoms with E-state index in [1.54, 1.807) is 25.2 Å². The van der Waals surface area contributed by atoms with Gasteiger partial charge in [-0.3, -0.25) is 4.68 Å². The fraction of sp³-hybridized carbons (Fsp3) is 0.0952. The van der Waals surface area contributed by atoms with Crippen molar-refractivity contribution in [1.82, 2.24) is 34.6 Å². The first-order chi connectivity index (χ1) is 15.5. The fourth-order valence-corrected chi connectivity index (χ4v) is 3.31. The van der Waals surface area contributed by atoms with Crippen molar-refractivity contribution in [3.05, 3.63) is 78.3 Å². The monoisotopic (exact) mass is 437 g/mol. The van der Waals surface area contributed by atoms with Crippen molar-refractivity contribution in [1.29, 1.82) is 0 Å². The Hall–Kier alpha value is -4.28. The number of aryl methyl sites for hydroxylation is 1. The molecule has 8 nitrogen and oxygen atoms in total. The first-order valence-corrected chi connectivity index (χ1v) is 9.43. The minimum atomic E-state index is -0.837. The van der Waals surface area contributed by atoms with Gasteiger partial charge in [-0.25, -0.2) is 22.7 Å². The maximum Gasteiger partial charge on any atom is 0.242 e. The van der Waals surface area contributed by atoms with Gasteiger partial charge in [0.25, 0.3) is 0 Å². The van der Waals surface area contributed by atoms with Gasteiger partial charge in [0.15, 0.2) is 11.6 Å². The Bertz CT molecular complexity index is 1450. The van der Waals surface area contributed by atoms with E-state index in [1.165, 1.54) is 33.9 Å². The molecular weight excluding hydrogens is 423 g/mol. The van der Waals surface area contributed by atoms with Gasteiger partial charge in [-0.05, 0) is 18.2 Å². The van der Waals surface area contributed by atoms with E-state index in [0.29, 0.717) is 16.9 Å². The number of halogens is 3. The van der Waals surface area contributed by atoms with Gasteiger partial charge >= 0.3 is 0 Å². The fourth-order valence-electron chi connectivity index (χ4n) is 3.31. The molecule has 2 aromatic carbocycles. The van der Waals surface area contributed by atoms with E-state index in [4.69, 9.17) is 4.74 Å². The summed E-state index contributed by atoms with van der Waals surface area (Å²) in [5.41, 5.74) is 0.835. The average molecular weight is 437 g/mol. The van der Waals surface area contributed by atoms with E-state index < -0.39 is 17.5 Å².